The van der Waals surface area contributed by atoms with Gasteiger partial charge in [-0.3, -0.25) is 4.79 Å². The van der Waals surface area contributed by atoms with E-state index in [4.69, 9.17) is 33.7 Å². The molecule has 0 saturated carbocycles. The molecule has 1 amide bonds. The second kappa shape index (κ2) is 7.16. The van der Waals surface area contributed by atoms with Gasteiger partial charge in [-0.05, 0) is 11.6 Å². The van der Waals surface area contributed by atoms with Crippen molar-refractivity contribution in [1.29, 1.82) is 5.26 Å². The van der Waals surface area contributed by atoms with Gasteiger partial charge in [-0.25, -0.2) is 0 Å². The van der Waals surface area contributed by atoms with Gasteiger partial charge in [0.1, 0.15) is 15.9 Å². The van der Waals surface area contributed by atoms with E-state index in [1.165, 1.54) is 11.3 Å². The molecule has 1 saturated heterocycles. The van der Waals surface area contributed by atoms with Crippen molar-refractivity contribution in [3.8, 4) is 6.07 Å². The Balaban J connectivity index is 2.15. The average Bonchev–Trinajstić information content (AvgIpc) is 2.95. The normalized spacial score (nSPS) is 21.0. The van der Waals surface area contributed by atoms with Gasteiger partial charge in [-0.15, -0.1) is 22.9 Å². The number of alkyl halides is 1. The van der Waals surface area contributed by atoms with Crippen LogP contribution in [0.4, 0.5) is 5.00 Å². The summed E-state index contributed by atoms with van der Waals surface area (Å²) in [5, 5.41) is 10.7. The molecular formula is C16H15Cl2N3O2S. The molecule has 1 unspecified atom stereocenters. The highest BCUT2D eigenvalue weighted by molar-refractivity contribution is 7.18. The lowest BCUT2D eigenvalue weighted by Crippen LogP contribution is -2.36. The van der Waals surface area contributed by atoms with E-state index in [1.54, 1.807) is 12.2 Å². The van der Waals surface area contributed by atoms with Crippen molar-refractivity contribution < 1.29 is 9.53 Å². The molecule has 1 aromatic rings. The Labute approximate surface area is 153 Å². The molecule has 0 radical (unpaired) electrons. The predicted octanol–water partition coefficient (Wildman–Crippen LogP) is 3.07. The molecule has 2 N–H and O–H groups in total. The number of morpholine rings is 1. The molecule has 0 spiro atoms. The first-order valence-electron chi connectivity index (χ1n) is 7.43. The first-order valence-corrected chi connectivity index (χ1v) is 9.06. The molecular weight excluding hydrogens is 369 g/mol. The van der Waals surface area contributed by atoms with E-state index in [0.717, 1.165) is 5.00 Å². The fraction of sp³-hybridized carbons (Fsp3) is 0.375. The number of nitrogens with zero attached hydrogens (tertiary/aromatic N) is 2. The maximum absolute atomic E-state index is 12.0. The third kappa shape index (κ3) is 3.17. The molecule has 24 heavy (non-hydrogen) atoms. The van der Waals surface area contributed by atoms with Crippen LogP contribution in [0, 0.1) is 11.3 Å². The summed E-state index contributed by atoms with van der Waals surface area (Å²) in [6.45, 7) is 2.51. The van der Waals surface area contributed by atoms with Crippen LogP contribution in [0.2, 0.25) is 0 Å². The highest BCUT2D eigenvalue weighted by Crippen LogP contribution is 2.43. The van der Waals surface area contributed by atoms with Crippen molar-refractivity contribution in [3.05, 3.63) is 33.2 Å². The summed E-state index contributed by atoms with van der Waals surface area (Å²) in [6.07, 6.45) is 3.97. The van der Waals surface area contributed by atoms with Crippen molar-refractivity contribution >= 4 is 51.0 Å². The number of nitrogens with two attached hydrogens (primary N) is 1. The van der Waals surface area contributed by atoms with E-state index in [1.807, 2.05) is 0 Å². The van der Waals surface area contributed by atoms with Crippen LogP contribution < -0.4 is 10.6 Å². The third-order valence-corrected chi connectivity index (χ3v) is 5.90. The van der Waals surface area contributed by atoms with Crippen molar-refractivity contribution in [3.63, 3.8) is 0 Å². The standard InChI is InChI=1S/C16H15Cl2N3O2S/c17-9-1-2-10(12(18)7-9)13-11(8-19)16(24-14(13)15(20)22)21-3-5-23-6-4-21/h1-2,12H,3-7H2,(H2,20,22). The molecule has 1 aliphatic carbocycles. The van der Waals surface area contributed by atoms with Gasteiger partial charge in [0.05, 0.1) is 24.2 Å². The minimum Gasteiger partial charge on any atom is -0.378 e. The van der Waals surface area contributed by atoms with Crippen LogP contribution in [-0.4, -0.2) is 37.6 Å². The number of thiophene rings is 1. The van der Waals surface area contributed by atoms with Crippen LogP contribution in [0.5, 0.6) is 0 Å². The molecule has 1 aromatic heterocycles. The fourth-order valence-corrected chi connectivity index (χ4v) is 4.66. The summed E-state index contributed by atoms with van der Waals surface area (Å²) in [5.74, 6) is -0.559. The molecule has 0 bridgehead atoms. The molecule has 2 heterocycles. The van der Waals surface area contributed by atoms with Gasteiger partial charge in [0.2, 0.25) is 0 Å². The molecule has 1 fully saturated rings. The van der Waals surface area contributed by atoms with Gasteiger partial charge in [-0.2, -0.15) is 5.26 Å². The number of rotatable bonds is 3. The Morgan fingerprint density at radius 3 is 2.71 bits per heavy atom. The number of halogens is 2. The molecule has 0 aromatic carbocycles. The van der Waals surface area contributed by atoms with E-state index in [-0.39, 0.29) is 0 Å². The Morgan fingerprint density at radius 2 is 2.12 bits per heavy atom. The second-order valence-electron chi connectivity index (χ2n) is 5.47. The zero-order valence-electron chi connectivity index (χ0n) is 12.7. The number of allylic oxidation sites excluding steroid dienone is 4. The zero-order valence-corrected chi connectivity index (χ0v) is 15.0. The summed E-state index contributed by atoms with van der Waals surface area (Å²) in [4.78, 5) is 14.4. The van der Waals surface area contributed by atoms with E-state index in [0.29, 0.717) is 59.3 Å². The highest BCUT2D eigenvalue weighted by Gasteiger charge is 2.31. The first kappa shape index (κ1) is 17.3. The molecule has 126 valence electrons. The van der Waals surface area contributed by atoms with Crippen molar-refractivity contribution in [2.45, 2.75) is 11.8 Å². The number of primary amides is 1. The maximum atomic E-state index is 12.0. The number of anilines is 1. The molecule has 3 rings (SSSR count). The smallest absolute Gasteiger partial charge is 0.259 e. The first-order chi connectivity index (χ1) is 11.5. The molecule has 1 atom stereocenters. The van der Waals surface area contributed by atoms with Crippen LogP contribution in [0.1, 0.15) is 27.2 Å². The lowest BCUT2D eigenvalue weighted by Gasteiger charge is -2.27. The Hall–Kier alpha value is -1.52. The number of ether oxygens (including phenoxy) is 1. The number of amides is 1. The summed E-state index contributed by atoms with van der Waals surface area (Å²) in [5.41, 5.74) is 7.26. The van der Waals surface area contributed by atoms with Crippen LogP contribution in [0.15, 0.2) is 17.2 Å². The Kier molecular flexibility index (Phi) is 5.16. The molecule has 1 aliphatic heterocycles. The van der Waals surface area contributed by atoms with E-state index in [9.17, 15) is 10.1 Å². The van der Waals surface area contributed by atoms with Crippen LogP contribution >= 0.6 is 34.5 Å². The molecule has 2 aliphatic rings. The maximum Gasteiger partial charge on any atom is 0.259 e. The van der Waals surface area contributed by atoms with Gasteiger partial charge in [0.25, 0.3) is 5.91 Å². The van der Waals surface area contributed by atoms with Gasteiger partial charge in [0.15, 0.2) is 0 Å². The quantitative estimate of drug-likeness (QED) is 0.813. The number of nitriles is 1. The van der Waals surface area contributed by atoms with E-state index >= 15 is 0 Å². The second-order valence-corrected chi connectivity index (χ2v) is 7.48. The lowest BCUT2D eigenvalue weighted by molar-refractivity contribution is 0.100. The topological polar surface area (TPSA) is 79.3 Å². The minimum absolute atomic E-state index is 0.358. The Morgan fingerprint density at radius 1 is 1.42 bits per heavy atom. The van der Waals surface area contributed by atoms with Gasteiger partial charge < -0.3 is 15.4 Å². The summed E-state index contributed by atoms with van der Waals surface area (Å²) < 4.78 is 5.36. The molecule has 8 heteroatoms. The molecule has 5 nitrogen and oxygen atoms in total. The largest absolute Gasteiger partial charge is 0.378 e. The summed E-state index contributed by atoms with van der Waals surface area (Å²) >= 11 is 13.7. The number of carbonyl (C=O) groups excluding carboxylic acids is 1. The summed E-state index contributed by atoms with van der Waals surface area (Å²) in [7, 11) is 0. The highest BCUT2D eigenvalue weighted by atomic mass is 35.5. The SMILES string of the molecule is N#Cc1c(N2CCOCC2)sc(C(N)=O)c1C1=CC=C(Cl)CC1Cl. The van der Waals surface area contributed by atoms with E-state index in [2.05, 4.69) is 11.0 Å². The van der Waals surface area contributed by atoms with Gasteiger partial charge >= 0.3 is 0 Å². The predicted molar refractivity (Wildman–Crippen MR) is 96.8 cm³/mol. The number of hydrogen-bond acceptors (Lipinski definition) is 5. The van der Waals surface area contributed by atoms with Crippen molar-refractivity contribution in [1.82, 2.24) is 0 Å². The van der Waals surface area contributed by atoms with Gasteiger partial charge in [-0.1, -0.05) is 17.7 Å². The lowest BCUT2D eigenvalue weighted by atomic mass is 9.93. The van der Waals surface area contributed by atoms with Crippen molar-refractivity contribution in [2.24, 2.45) is 5.73 Å². The minimum atomic E-state index is -0.559. The zero-order chi connectivity index (χ0) is 17.3. The van der Waals surface area contributed by atoms with Crippen LogP contribution in [0.25, 0.3) is 5.57 Å². The van der Waals surface area contributed by atoms with Crippen LogP contribution in [-0.2, 0) is 4.74 Å². The Bertz CT molecular complexity index is 773. The summed E-state index contributed by atoms with van der Waals surface area (Å²) in [6, 6.07) is 2.23. The third-order valence-electron chi connectivity index (χ3n) is 3.97. The monoisotopic (exact) mass is 383 g/mol. The fourth-order valence-electron chi connectivity index (χ4n) is 2.83. The van der Waals surface area contributed by atoms with Crippen molar-refractivity contribution in [2.75, 3.05) is 31.2 Å². The average molecular weight is 384 g/mol. The number of hydrogen-bond donors (Lipinski definition) is 1. The van der Waals surface area contributed by atoms with Gasteiger partial charge in [0, 0.05) is 30.1 Å². The van der Waals surface area contributed by atoms with E-state index < -0.39 is 11.3 Å². The van der Waals surface area contributed by atoms with Crippen LogP contribution in [0.3, 0.4) is 0 Å². The number of carbonyl (C=O) groups is 1.